The predicted octanol–water partition coefficient (Wildman–Crippen LogP) is 4.27. The summed E-state index contributed by atoms with van der Waals surface area (Å²) in [6.45, 7) is 0. The molecule has 2 aromatic rings. The summed E-state index contributed by atoms with van der Waals surface area (Å²) in [4.78, 5) is 0. The summed E-state index contributed by atoms with van der Waals surface area (Å²) in [5.41, 5.74) is 1.00. The maximum absolute atomic E-state index is 6.01. The van der Waals surface area contributed by atoms with Crippen LogP contribution < -0.4 is 5.32 Å². The van der Waals surface area contributed by atoms with Crippen LogP contribution in [0.25, 0.3) is 11.0 Å². The molecule has 1 atom stereocenters. The van der Waals surface area contributed by atoms with E-state index in [4.69, 9.17) is 4.42 Å². The van der Waals surface area contributed by atoms with Crippen molar-refractivity contribution in [2.45, 2.75) is 38.1 Å². The summed E-state index contributed by atoms with van der Waals surface area (Å²) in [6, 6.07) is 10.8. The highest BCUT2D eigenvalue weighted by molar-refractivity contribution is 5.77. The van der Waals surface area contributed by atoms with E-state index in [1.165, 1.54) is 37.5 Å². The van der Waals surface area contributed by atoms with Crippen molar-refractivity contribution in [1.82, 2.24) is 5.32 Å². The summed E-state index contributed by atoms with van der Waals surface area (Å²) in [5.74, 6) is 1.83. The van der Waals surface area contributed by atoms with E-state index in [9.17, 15) is 0 Å². The van der Waals surface area contributed by atoms with E-state index in [0.717, 1.165) is 17.3 Å². The van der Waals surface area contributed by atoms with Crippen molar-refractivity contribution >= 4 is 11.0 Å². The first-order valence-electron chi connectivity index (χ1n) is 7.04. The molecule has 2 heteroatoms. The van der Waals surface area contributed by atoms with Crippen molar-refractivity contribution in [3.05, 3.63) is 36.1 Å². The highest BCUT2D eigenvalue weighted by atomic mass is 16.3. The topological polar surface area (TPSA) is 25.2 Å². The SMILES string of the molecule is CNC(c1cc2ccccc2o1)C1CCCCC1. The van der Waals surface area contributed by atoms with Gasteiger partial charge in [0.1, 0.15) is 11.3 Å². The minimum Gasteiger partial charge on any atom is -0.459 e. The molecule has 1 aliphatic carbocycles. The minimum absolute atomic E-state index is 0.373. The Morgan fingerprint density at radius 2 is 1.94 bits per heavy atom. The number of furan rings is 1. The normalized spacial score (nSPS) is 19.2. The fourth-order valence-electron chi connectivity index (χ4n) is 3.23. The molecule has 0 spiro atoms. The van der Waals surface area contributed by atoms with E-state index in [-0.39, 0.29) is 0 Å². The Morgan fingerprint density at radius 1 is 1.17 bits per heavy atom. The number of hydrogen-bond acceptors (Lipinski definition) is 2. The molecule has 1 heterocycles. The molecule has 0 amide bonds. The summed E-state index contributed by atoms with van der Waals surface area (Å²) < 4.78 is 6.01. The Kier molecular flexibility index (Phi) is 3.37. The molecule has 3 rings (SSSR count). The van der Waals surface area contributed by atoms with Crippen LogP contribution in [0.15, 0.2) is 34.7 Å². The lowest BCUT2D eigenvalue weighted by Crippen LogP contribution is -2.26. The number of nitrogens with one attached hydrogen (secondary N) is 1. The molecule has 0 aliphatic heterocycles. The van der Waals surface area contributed by atoms with E-state index in [2.05, 4.69) is 23.5 Å². The third kappa shape index (κ3) is 2.17. The molecule has 1 aliphatic rings. The molecule has 0 radical (unpaired) electrons. The van der Waals surface area contributed by atoms with E-state index in [0.29, 0.717) is 6.04 Å². The minimum atomic E-state index is 0.373. The summed E-state index contributed by atoms with van der Waals surface area (Å²) in [6.07, 6.45) is 6.77. The molecule has 1 unspecified atom stereocenters. The Hall–Kier alpha value is -1.28. The van der Waals surface area contributed by atoms with E-state index < -0.39 is 0 Å². The van der Waals surface area contributed by atoms with Gasteiger partial charge in [0.2, 0.25) is 0 Å². The number of benzene rings is 1. The quantitative estimate of drug-likeness (QED) is 0.870. The first-order chi connectivity index (χ1) is 8.88. The van der Waals surface area contributed by atoms with Crippen LogP contribution in [0, 0.1) is 5.92 Å². The smallest absolute Gasteiger partial charge is 0.134 e. The molecule has 0 saturated heterocycles. The second-order valence-electron chi connectivity index (χ2n) is 5.35. The summed E-state index contributed by atoms with van der Waals surface area (Å²) in [5, 5.41) is 4.67. The van der Waals surface area contributed by atoms with E-state index in [1.807, 2.05) is 19.2 Å². The fraction of sp³-hybridized carbons (Fsp3) is 0.500. The molecule has 1 saturated carbocycles. The van der Waals surface area contributed by atoms with Gasteiger partial charge in [0.25, 0.3) is 0 Å². The van der Waals surface area contributed by atoms with Gasteiger partial charge in [-0.05, 0) is 37.9 Å². The molecule has 96 valence electrons. The Labute approximate surface area is 108 Å². The molecule has 0 bridgehead atoms. The average molecular weight is 243 g/mol. The van der Waals surface area contributed by atoms with Crippen molar-refractivity contribution < 1.29 is 4.42 Å². The first-order valence-corrected chi connectivity index (χ1v) is 7.04. The van der Waals surface area contributed by atoms with Gasteiger partial charge in [-0.15, -0.1) is 0 Å². The zero-order valence-corrected chi connectivity index (χ0v) is 11.0. The van der Waals surface area contributed by atoms with Gasteiger partial charge < -0.3 is 9.73 Å². The van der Waals surface area contributed by atoms with Crippen molar-refractivity contribution in [1.29, 1.82) is 0 Å². The van der Waals surface area contributed by atoms with Gasteiger partial charge in [0.05, 0.1) is 6.04 Å². The Morgan fingerprint density at radius 3 is 2.67 bits per heavy atom. The monoisotopic (exact) mass is 243 g/mol. The first kappa shape index (κ1) is 11.8. The third-order valence-electron chi connectivity index (χ3n) is 4.18. The lowest BCUT2D eigenvalue weighted by atomic mass is 9.83. The van der Waals surface area contributed by atoms with Gasteiger partial charge in [0, 0.05) is 5.39 Å². The third-order valence-corrected chi connectivity index (χ3v) is 4.18. The number of rotatable bonds is 3. The molecular weight excluding hydrogens is 222 g/mol. The zero-order valence-electron chi connectivity index (χ0n) is 11.0. The molecular formula is C16H21NO. The van der Waals surface area contributed by atoms with Crippen LogP contribution in [-0.2, 0) is 0 Å². The number of fused-ring (bicyclic) bond motifs is 1. The lowest BCUT2D eigenvalue weighted by Gasteiger charge is -2.28. The maximum atomic E-state index is 6.01. The van der Waals surface area contributed by atoms with E-state index in [1.54, 1.807) is 0 Å². The summed E-state index contributed by atoms with van der Waals surface area (Å²) in [7, 11) is 2.05. The summed E-state index contributed by atoms with van der Waals surface area (Å²) >= 11 is 0. The van der Waals surface area contributed by atoms with Crippen LogP contribution in [0.4, 0.5) is 0 Å². The largest absolute Gasteiger partial charge is 0.459 e. The predicted molar refractivity (Wildman–Crippen MR) is 74.6 cm³/mol. The second-order valence-corrected chi connectivity index (χ2v) is 5.35. The van der Waals surface area contributed by atoms with Gasteiger partial charge in [-0.2, -0.15) is 0 Å². The van der Waals surface area contributed by atoms with Gasteiger partial charge >= 0.3 is 0 Å². The molecule has 1 fully saturated rings. The van der Waals surface area contributed by atoms with Crippen LogP contribution in [0.3, 0.4) is 0 Å². The van der Waals surface area contributed by atoms with E-state index >= 15 is 0 Å². The molecule has 18 heavy (non-hydrogen) atoms. The molecule has 1 aromatic heterocycles. The molecule has 1 aromatic carbocycles. The van der Waals surface area contributed by atoms with Crippen LogP contribution >= 0.6 is 0 Å². The van der Waals surface area contributed by atoms with Crippen LogP contribution in [0.1, 0.15) is 43.9 Å². The average Bonchev–Trinajstić information content (AvgIpc) is 2.84. The van der Waals surface area contributed by atoms with Gasteiger partial charge in [0.15, 0.2) is 0 Å². The standard InChI is InChI=1S/C16H21NO/c1-17-16(12-7-3-2-4-8-12)15-11-13-9-5-6-10-14(13)18-15/h5-6,9-12,16-17H,2-4,7-8H2,1H3. The fourth-order valence-corrected chi connectivity index (χ4v) is 3.23. The van der Waals surface area contributed by atoms with Gasteiger partial charge in [-0.1, -0.05) is 37.5 Å². The van der Waals surface area contributed by atoms with Crippen molar-refractivity contribution in [2.75, 3.05) is 7.05 Å². The highest BCUT2D eigenvalue weighted by Crippen LogP contribution is 2.36. The van der Waals surface area contributed by atoms with Crippen molar-refractivity contribution in [2.24, 2.45) is 5.92 Å². The Bertz CT molecular complexity index is 478. The van der Waals surface area contributed by atoms with Crippen molar-refractivity contribution in [3.8, 4) is 0 Å². The van der Waals surface area contributed by atoms with Gasteiger partial charge in [-0.25, -0.2) is 0 Å². The number of para-hydroxylation sites is 1. The highest BCUT2D eigenvalue weighted by Gasteiger charge is 2.26. The van der Waals surface area contributed by atoms with Crippen LogP contribution in [-0.4, -0.2) is 7.05 Å². The second kappa shape index (κ2) is 5.15. The molecule has 2 nitrogen and oxygen atoms in total. The van der Waals surface area contributed by atoms with Gasteiger partial charge in [-0.3, -0.25) is 0 Å². The Balaban J connectivity index is 1.90. The molecule has 1 N–H and O–H groups in total. The van der Waals surface area contributed by atoms with Crippen molar-refractivity contribution in [3.63, 3.8) is 0 Å². The van der Waals surface area contributed by atoms with Crippen LogP contribution in [0.2, 0.25) is 0 Å². The zero-order chi connectivity index (χ0) is 12.4. The van der Waals surface area contributed by atoms with Crippen LogP contribution in [0.5, 0.6) is 0 Å². The maximum Gasteiger partial charge on any atom is 0.134 e. The lowest BCUT2D eigenvalue weighted by molar-refractivity contribution is 0.257. The number of hydrogen-bond donors (Lipinski definition) is 1.